The zero-order valence-corrected chi connectivity index (χ0v) is 14.2. The van der Waals surface area contributed by atoms with E-state index >= 15 is 0 Å². The summed E-state index contributed by atoms with van der Waals surface area (Å²) < 4.78 is 5.23. The first-order valence-electron chi connectivity index (χ1n) is 8.13. The molecule has 2 N–H and O–H groups in total. The van der Waals surface area contributed by atoms with Gasteiger partial charge in [-0.05, 0) is 26.0 Å². The molecule has 25 heavy (non-hydrogen) atoms. The highest BCUT2D eigenvalue weighted by atomic mass is 16.3. The second kappa shape index (κ2) is 7.61. The van der Waals surface area contributed by atoms with Gasteiger partial charge in [-0.1, -0.05) is 30.3 Å². The smallest absolute Gasteiger partial charge is 0.270 e. The third-order valence-corrected chi connectivity index (χ3v) is 3.43. The van der Waals surface area contributed by atoms with E-state index in [1.54, 1.807) is 24.5 Å². The molecule has 0 saturated heterocycles. The van der Waals surface area contributed by atoms with Crippen LogP contribution < -0.4 is 10.6 Å². The Morgan fingerprint density at radius 2 is 1.92 bits per heavy atom. The summed E-state index contributed by atoms with van der Waals surface area (Å²) in [5.74, 6) is 1.54. The van der Waals surface area contributed by atoms with Crippen LogP contribution in [0.1, 0.15) is 30.1 Å². The van der Waals surface area contributed by atoms with E-state index in [0.29, 0.717) is 29.6 Å². The summed E-state index contributed by atoms with van der Waals surface area (Å²) in [5.41, 5.74) is 1.17. The van der Waals surface area contributed by atoms with Crippen LogP contribution in [0.25, 0.3) is 11.4 Å². The number of aromatic nitrogens is 2. The predicted molar refractivity (Wildman–Crippen MR) is 96.1 cm³/mol. The number of furan rings is 1. The molecule has 128 valence electrons. The van der Waals surface area contributed by atoms with Gasteiger partial charge in [-0.25, -0.2) is 9.97 Å². The van der Waals surface area contributed by atoms with E-state index < -0.39 is 0 Å². The van der Waals surface area contributed by atoms with Crippen LogP contribution in [-0.2, 0) is 6.54 Å². The molecule has 0 aliphatic heterocycles. The number of nitrogens with zero attached hydrogens (tertiary/aromatic N) is 2. The predicted octanol–water partition coefficient (Wildman–Crippen LogP) is 3.49. The first-order chi connectivity index (χ1) is 12.1. The summed E-state index contributed by atoms with van der Waals surface area (Å²) in [5, 5.41) is 6.04. The molecule has 6 heteroatoms. The van der Waals surface area contributed by atoms with E-state index in [1.165, 1.54) is 0 Å². The molecular weight excluding hydrogens is 316 g/mol. The number of benzene rings is 1. The average Bonchev–Trinajstić information content (AvgIpc) is 3.13. The van der Waals surface area contributed by atoms with Crippen molar-refractivity contribution in [3.63, 3.8) is 0 Å². The molecule has 0 spiro atoms. The average molecular weight is 336 g/mol. The lowest BCUT2D eigenvalue weighted by Crippen LogP contribution is -2.24. The van der Waals surface area contributed by atoms with Crippen molar-refractivity contribution >= 4 is 11.7 Å². The Labute approximate surface area is 146 Å². The molecule has 0 bridgehead atoms. The molecule has 0 unspecified atom stereocenters. The molecule has 6 nitrogen and oxygen atoms in total. The Morgan fingerprint density at radius 1 is 1.12 bits per heavy atom. The highest BCUT2D eigenvalue weighted by Gasteiger charge is 2.14. The number of rotatable bonds is 6. The van der Waals surface area contributed by atoms with Crippen molar-refractivity contribution in [1.29, 1.82) is 0 Å². The van der Waals surface area contributed by atoms with Crippen LogP contribution in [0.15, 0.2) is 59.2 Å². The van der Waals surface area contributed by atoms with Crippen molar-refractivity contribution in [1.82, 2.24) is 15.3 Å². The minimum atomic E-state index is -0.275. The maximum Gasteiger partial charge on any atom is 0.270 e. The molecule has 2 aromatic heterocycles. The van der Waals surface area contributed by atoms with E-state index in [4.69, 9.17) is 4.42 Å². The number of carbonyl (C=O) groups excluding carboxylic acids is 1. The van der Waals surface area contributed by atoms with Crippen molar-refractivity contribution < 1.29 is 9.21 Å². The van der Waals surface area contributed by atoms with Gasteiger partial charge >= 0.3 is 0 Å². The summed E-state index contributed by atoms with van der Waals surface area (Å²) in [6, 6.07) is 15.0. The second-order valence-electron chi connectivity index (χ2n) is 5.89. The minimum absolute atomic E-state index is 0.192. The Kier molecular flexibility index (Phi) is 5.09. The fourth-order valence-electron chi connectivity index (χ4n) is 2.32. The first-order valence-corrected chi connectivity index (χ1v) is 8.13. The summed E-state index contributed by atoms with van der Waals surface area (Å²) in [6.45, 7) is 4.34. The van der Waals surface area contributed by atoms with E-state index in [0.717, 1.165) is 5.56 Å². The van der Waals surface area contributed by atoms with Crippen molar-refractivity contribution in [3.05, 3.63) is 66.2 Å². The van der Waals surface area contributed by atoms with Gasteiger partial charge in [0.1, 0.15) is 17.3 Å². The van der Waals surface area contributed by atoms with Crippen LogP contribution in [-0.4, -0.2) is 21.9 Å². The number of nitrogens with one attached hydrogen (secondary N) is 2. The molecule has 3 aromatic rings. The molecule has 0 saturated carbocycles. The monoisotopic (exact) mass is 336 g/mol. The van der Waals surface area contributed by atoms with Gasteiger partial charge in [-0.3, -0.25) is 4.79 Å². The van der Waals surface area contributed by atoms with E-state index in [1.807, 2.05) is 44.2 Å². The number of hydrogen-bond acceptors (Lipinski definition) is 5. The lowest BCUT2D eigenvalue weighted by molar-refractivity contribution is 0.0943. The van der Waals surface area contributed by atoms with Gasteiger partial charge in [-0.15, -0.1) is 0 Å². The van der Waals surface area contributed by atoms with Gasteiger partial charge < -0.3 is 15.1 Å². The van der Waals surface area contributed by atoms with Gasteiger partial charge in [0.25, 0.3) is 5.91 Å². The zero-order chi connectivity index (χ0) is 17.6. The zero-order valence-electron chi connectivity index (χ0n) is 14.2. The van der Waals surface area contributed by atoms with Crippen molar-refractivity contribution in [2.24, 2.45) is 0 Å². The molecule has 1 aromatic carbocycles. The molecule has 0 atom stereocenters. The van der Waals surface area contributed by atoms with Gasteiger partial charge in [0.05, 0.1) is 12.8 Å². The van der Waals surface area contributed by atoms with Crippen LogP contribution in [0.5, 0.6) is 0 Å². The Balaban J connectivity index is 1.87. The van der Waals surface area contributed by atoms with Crippen LogP contribution in [0.4, 0.5) is 5.82 Å². The maximum absolute atomic E-state index is 12.5. The first kappa shape index (κ1) is 16.7. The van der Waals surface area contributed by atoms with Crippen LogP contribution in [0, 0.1) is 0 Å². The number of anilines is 1. The summed E-state index contributed by atoms with van der Waals surface area (Å²) in [4.78, 5) is 21.4. The number of hydrogen-bond donors (Lipinski definition) is 2. The van der Waals surface area contributed by atoms with Crippen LogP contribution >= 0.6 is 0 Å². The minimum Gasteiger partial charge on any atom is -0.467 e. The molecule has 1 amide bonds. The van der Waals surface area contributed by atoms with Gasteiger partial charge in [0.2, 0.25) is 0 Å². The summed E-state index contributed by atoms with van der Waals surface area (Å²) in [7, 11) is 0. The largest absolute Gasteiger partial charge is 0.467 e. The highest BCUT2D eigenvalue weighted by molar-refractivity contribution is 5.93. The lowest BCUT2D eigenvalue weighted by Gasteiger charge is -2.12. The van der Waals surface area contributed by atoms with E-state index in [9.17, 15) is 4.79 Å². The molecular formula is C19H20N4O2. The molecule has 0 fully saturated rings. The fourth-order valence-corrected chi connectivity index (χ4v) is 2.32. The normalized spacial score (nSPS) is 10.7. The fraction of sp³-hybridized carbons (Fsp3) is 0.211. The van der Waals surface area contributed by atoms with Gasteiger partial charge in [0, 0.05) is 17.7 Å². The molecule has 0 aliphatic rings. The third-order valence-electron chi connectivity index (χ3n) is 3.43. The number of amides is 1. The molecule has 3 rings (SSSR count). The van der Waals surface area contributed by atoms with E-state index in [-0.39, 0.29) is 11.9 Å². The summed E-state index contributed by atoms with van der Waals surface area (Å²) in [6.07, 6.45) is 1.57. The highest BCUT2D eigenvalue weighted by Crippen LogP contribution is 2.18. The SMILES string of the molecule is CC(C)Nc1cc(C(=O)NCc2ccco2)nc(-c2ccccc2)n1. The van der Waals surface area contributed by atoms with Crippen molar-refractivity contribution in [3.8, 4) is 11.4 Å². The van der Waals surface area contributed by atoms with E-state index in [2.05, 4.69) is 20.6 Å². The van der Waals surface area contributed by atoms with Crippen LogP contribution in [0.3, 0.4) is 0 Å². The second-order valence-corrected chi connectivity index (χ2v) is 5.89. The molecule has 2 heterocycles. The Bertz CT molecular complexity index is 830. The van der Waals surface area contributed by atoms with Crippen molar-refractivity contribution in [2.45, 2.75) is 26.4 Å². The van der Waals surface area contributed by atoms with Gasteiger partial charge in [0.15, 0.2) is 5.82 Å². The Morgan fingerprint density at radius 3 is 2.60 bits per heavy atom. The lowest BCUT2D eigenvalue weighted by atomic mass is 10.2. The Hall–Kier alpha value is -3.15. The quantitative estimate of drug-likeness (QED) is 0.720. The maximum atomic E-state index is 12.5. The standard InChI is InChI=1S/C19H20N4O2/c1-13(2)21-17-11-16(19(24)20-12-15-9-6-10-25-15)22-18(23-17)14-7-4-3-5-8-14/h3-11,13H,12H2,1-2H3,(H,20,24)(H,21,22,23). The third kappa shape index (κ3) is 4.44. The van der Waals surface area contributed by atoms with Crippen molar-refractivity contribution in [2.75, 3.05) is 5.32 Å². The molecule has 0 radical (unpaired) electrons. The summed E-state index contributed by atoms with van der Waals surface area (Å²) >= 11 is 0. The molecule has 0 aliphatic carbocycles. The topological polar surface area (TPSA) is 80.0 Å². The number of carbonyl (C=O) groups is 1. The van der Waals surface area contributed by atoms with Gasteiger partial charge in [-0.2, -0.15) is 0 Å². The van der Waals surface area contributed by atoms with Crippen LogP contribution in [0.2, 0.25) is 0 Å².